The molecule has 1 amide bonds. The molecule has 4 aromatic rings. The topological polar surface area (TPSA) is 59.7 Å². The highest BCUT2D eigenvalue weighted by Gasteiger charge is 2.30. The Morgan fingerprint density at radius 2 is 1.91 bits per heavy atom. The van der Waals surface area contributed by atoms with E-state index in [2.05, 4.69) is 4.98 Å². The number of thioether (sulfide) groups is 1. The number of carbonyl (C=O) groups excluding carboxylic acids is 1. The molecule has 0 aliphatic carbocycles. The van der Waals surface area contributed by atoms with Gasteiger partial charge in [-0.15, -0.1) is 0 Å². The molecule has 0 atom stereocenters. The normalized spacial score (nSPS) is 16.4. The molecule has 2 aromatic carbocycles. The first-order valence-corrected chi connectivity index (χ1v) is 10.9. The Morgan fingerprint density at radius 1 is 1.06 bits per heavy atom. The van der Waals surface area contributed by atoms with Crippen molar-refractivity contribution in [1.82, 2.24) is 14.5 Å². The second kappa shape index (κ2) is 8.36. The molecule has 5 rings (SSSR count). The van der Waals surface area contributed by atoms with Crippen molar-refractivity contribution in [2.45, 2.75) is 0 Å². The summed E-state index contributed by atoms with van der Waals surface area (Å²) < 4.78 is 7.28. The fourth-order valence-electron chi connectivity index (χ4n) is 3.52. The van der Waals surface area contributed by atoms with Gasteiger partial charge in [0.15, 0.2) is 5.17 Å². The van der Waals surface area contributed by atoms with E-state index in [4.69, 9.17) is 9.73 Å². The van der Waals surface area contributed by atoms with Gasteiger partial charge in [-0.1, -0.05) is 6.07 Å². The van der Waals surface area contributed by atoms with Crippen LogP contribution in [-0.4, -0.2) is 39.7 Å². The van der Waals surface area contributed by atoms with Crippen LogP contribution < -0.4 is 4.74 Å². The Balaban J connectivity index is 1.45. The molecule has 3 heterocycles. The number of ether oxygens (including phenoxy) is 1. The summed E-state index contributed by atoms with van der Waals surface area (Å²) in [6.45, 7) is 0. The van der Waals surface area contributed by atoms with Crippen molar-refractivity contribution in [1.29, 1.82) is 0 Å². The zero-order valence-corrected chi connectivity index (χ0v) is 18.4. The molecule has 1 aliphatic rings. The van der Waals surface area contributed by atoms with Crippen LogP contribution in [0.1, 0.15) is 5.69 Å². The molecule has 158 valence electrons. The van der Waals surface area contributed by atoms with E-state index in [1.165, 1.54) is 11.8 Å². The van der Waals surface area contributed by atoms with Crippen molar-refractivity contribution in [2.75, 3.05) is 14.2 Å². The summed E-state index contributed by atoms with van der Waals surface area (Å²) in [5.74, 6) is 0.730. The van der Waals surface area contributed by atoms with E-state index in [0.29, 0.717) is 10.1 Å². The van der Waals surface area contributed by atoms with Crippen LogP contribution in [0.2, 0.25) is 0 Å². The number of fused-ring (bicyclic) bond motifs is 1. The molecular formula is C25H20N4O2S. The first-order chi connectivity index (χ1) is 15.6. The van der Waals surface area contributed by atoms with Crippen molar-refractivity contribution in [3.8, 4) is 11.4 Å². The van der Waals surface area contributed by atoms with E-state index < -0.39 is 0 Å². The van der Waals surface area contributed by atoms with Crippen LogP contribution in [-0.2, 0) is 4.79 Å². The van der Waals surface area contributed by atoms with Gasteiger partial charge in [0.25, 0.3) is 5.91 Å². The highest BCUT2D eigenvalue weighted by Crippen LogP contribution is 2.34. The van der Waals surface area contributed by atoms with Crippen LogP contribution in [0.15, 0.2) is 89.0 Å². The third-order valence-electron chi connectivity index (χ3n) is 5.22. The summed E-state index contributed by atoms with van der Waals surface area (Å²) in [6.07, 6.45) is 5.65. The molecule has 7 heteroatoms. The summed E-state index contributed by atoms with van der Waals surface area (Å²) >= 11 is 1.37. The Bertz CT molecular complexity index is 1370. The van der Waals surface area contributed by atoms with Crippen molar-refractivity contribution >= 4 is 45.5 Å². The molecule has 0 unspecified atom stereocenters. The molecular weight excluding hydrogens is 420 g/mol. The minimum Gasteiger partial charge on any atom is -0.497 e. The number of carbonyl (C=O) groups is 1. The number of hydrogen-bond acceptors (Lipinski definition) is 5. The van der Waals surface area contributed by atoms with Gasteiger partial charge in [-0.3, -0.25) is 14.7 Å². The van der Waals surface area contributed by atoms with Gasteiger partial charge < -0.3 is 9.30 Å². The summed E-state index contributed by atoms with van der Waals surface area (Å²) in [5, 5.41) is 1.66. The number of amidine groups is 1. The molecule has 6 nitrogen and oxygen atoms in total. The van der Waals surface area contributed by atoms with Gasteiger partial charge in [0, 0.05) is 36.2 Å². The fraction of sp³-hybridized carbons (Fsp3) is 0.0800. The van der Waals surface area contributed by atoms with Crippen molar-refractivity contribution < 1.29 is 9.53 Å². The second-order valence-electron chi connectivity index (χ2n) is 7.25. The molecule has 0 saturated carbocycles. The molecule has 32 heavy (non-hydrogen) atoms. The maximum Gasteiger partial charge on any atom is 0.266 e. The highest BCUT2D eigenvalue weighted by atomic mass is 32.2. The van der Waals surface area contributed by atoms with Crippen LogP contribution in [0.5, 0.6) is 5.75 Å². The maximum absolute atomic E-state index is 12.9. The number of methoxy groups -OCH3 is 1. The van der Waals surface area contributed by atoms with E-state index in [1.807, 2.05) is 83.6 Å². The molecule has 0 spiro atoms. The monoisotopic (exact) mass is 440 g/mol. The minimum absolute atomic E-state index is 0.0707. The van der Waals surface area contributed by atoms with Crippen LogP contribution in [0.25, 0.3) is 22.7 Å². The molecule has 0 bridgehead atoms. The van der Waals surface area contributed by atoms with Crippen molar-refractivity contribution in [3.05, 3.63) is 89.7 Å². The average molecular weight is 441 g/mol. The Labute approximate surface area is 189 Å². The number of aromatic nitrogens is 2. The summed E-state index contributed by atoms with van der Waals surface area (Å²) in [7, 11) is 3.40. The summed E-state index contributed by atoms with van der Waals surface area (Å²) in [6, 6.07) is 21.5. The van der Waals surface area contributed by atoms with Gasteiger partial charge in [0.1, 0.15) is 5.75 Å². The van der Waals surface area contributed by atoms with Crippen LogP contribution >= 0.6 is 11.8 Å². The van der Waals surface area contributed by atoms with Gasteiger partial charge >= 0.3 is 0 Å². The largest absolute Gasteiger partial charge is 0.497 e. The maximum atomic E-state index is 12.9. The lowest BCUT2D eigenvalue weighted by Gasteiger charge is -2.08. The molecule has 0 N–H and O–H groups in total. The lowest BCUT2D eigenvalue weighted by atomic mass is 10.2. The predicted octanol–water partition coefficient (Wildman–Crippen LogP) is 5.27. The van der Waals surface area contributed by atoms with Crippen molar-refractivity contribution in [3.63, 3.8) is 0 Å². The Kier molecular flexibility index (Phi) is 5.25. The van der Waals surface area contributed by atoms with Crippen LogP contribution in [0.3, 0.4) is 0 Å². The van der Waals surface area contributed by atoms with E-state index in [0.717, 1.165) is 33.7 Å². The number of likely N-dealkylation sites (N-methyl/N-ethyl adjacent to an activating group) is 1. The molecule has 1 aliphatic heterocycles. The van der Waals surface area contributed by atoms with E-state index in [1.54, 1.807) is 25.3 Å². The van der Waals surface area contributed by atoms with Crippen LogP contribution in [0.4, 0.5) is 5.69 Å². The van der Waals surface area contributed by atoms with Gasteiger partial charge in [0.05, 0.1) is 23.2 Å². The number of rotatable bonds is 4. The lowest BCUT2D eigenvalue weighted by molar-refractivity contribution is -0.121. The second-order valence-corrected chi connectivity index (χ2v) is 8.26. The van der Waals surface area contributed by atoms with Crippen molar-refractivity contribution in [2.24, 2.45) is 4.99 Å². The van der Waals surface area contributed by atoms with Gasteiger partial charge in [0.2, 0.25) is 0 Å². The summed E-state index contributed by atoms with van der Waals surface area (Å²) in [5.41, 5.74) is 3.61. The summed E-state index contributed by atoms with van der Waals surface area (Å²) in [4.78, 5) is 24.2. The minimum atomic E-state index is -0.0707. The molecule has 0 radical (unpaired) electrons. The first-order valence-electron chi connectivity index (χ1n) is 10.1. The standard InChI is InChI=1S/C25H20N4O2S/c1-28-24(30)23(16-20-6-4-14-29(20)19-8-10-21(31-2)11-9-19)32-25(28)27-18-7-12-22-17(15-18)5-3-13-26-22/h3-16H,1-2H3/b23-16-,27-25?. The predicted molar refractivity (Wildman–Crippen MR) is 129 cm³/mol. The first kappa shape index (κ1) is 20.1. The lowest BCUT2D eigenvalue weighted by Crippen LogP contribution is -2.23. The third-order valence-corrected chi connectivity index (χ3v) is 6.28. The molecule has 1 fully saturated rings. The Hall–Kier alpha value is -3.84. The zero-order valence-electron chi connectivity index (χ0n) is 17.6. The number of nitrogens with zero attached hydrogens (tertiary/aromatic N) is 4. The smallest absolute Gasteiger partial charge is 0.266 e. The number of hydrogen-bond donors (Lipinski definition) is 0. The number of pyridine rings is 1. The third kappa shape index (κ3) is 3.78. The van der Waals surface area contributed by atoms with E-state index in [-0.39, 0.29) is 5.91 Å². The quantitative estimate of drug-likeness (QED) is 0.406. The molecule has 1 saturated heterocycles. The number of amides is 1. The van der Waals surface area contributed by atoms with E-state index in [9.17, 15) is 4.79 Å². The fourth-order valence-corrected chi connectivity index (χ4v) is 4.49. The van der Waals surface area contributed by atoms with E-state index >= 15 is 0 Å². The van der Waals surface area contributed by atoms with Gasteiger partial charge in [-0.05, 0) is 78.5 Å². The SMILES string of the molecule is COc1ccc(-n2cccc2/C=C2\SC(=Nc3ccc4ncccc4c3)N(C)C2=O)cc1. The van der Waals surface area contributed by atoms with Gasteiger partial charge in [-0.2, -0.15) is 0 Å². The average Bonchev–Trinajstić information content (AvgIpc) is 3.39. The molecule has 2 aromatic heterocycles. The highest BCUT2D eigenvalue weighted by molar-refractivity contribution is 8.18. The van der Waals surface area contributed by atoms with Crippen LogP contribution in [0, 0.1) is 0 Å². The Morgan fingerprint density at radius 3 is 2.72 bits per heavy atom. The number of aliphatic imine (C=N–C) groups is 1. The van der Waals surface area contributed by atoms with Gasteiger partial charge in [-0.25, -0.2) is 4.99 Å². The number of benzene rings is 2. The zero-order chi connectivity index (χ0) is 22.1.